The lowest BCUT2D eigenvalue weighted by atomic mass is 10.0. The van der Waals surface area contributed by atoms with Gasteiger partial charge in [0.1, 0.15) is 5.02 Å². The zero-order valence-electron chi connectivity index (χ0n) is 18.3. The van der Waals surface area contributed by atoms with Crippen LogP contribution in [-0.2, 0) is 10.2 Å². The zero-order chi connectivity index (χ0) is 23.7. The summed E-state index contributed by atoms with van der Waals surface area (Å²) in [4.78, 5) is 16.7. The molecule has 32 heavy (non-hydrogen) atoms. The summed E-state index contributed by atoms with van der Waals surface area (Å²) in [5, 5.41) is 11.6. The maximum atomic E-state index is 12.4. The van der Waals surface area contributed by atoms with E-state index in [1.54, 1.807) is 25.3 Å². The van der Waals surface area contributed by atoms with E-state index in [1.807, 2.05) is 4.72 Å². The molecular weight excluding hydrogens is 454 g/mol. The van der Waals surface area contributed by atoms with Crippen LogP contribution >= 0.6 is 11.6 Å². The van der Waals surface area contributed by atoms with E-state index < -0.39 is 16.1 Å². The van der Waals surface area contributed by atoms with Crippen molar-refractivity contribution in [3.05, 3.63) is 46.6 Å². The second-order valence-electron chi connectivity index (χ2n) is 8.34. The molecule has 9 nitrogen and oxygen atoms in total. The van der Waals surface area contributed by atoms with Crippen LogP contribution in [0.15, 0.2) is 30.5 Å². The van der Waals surface area contributed by atoms with Gasteiger partial charge in [-0.25, -0.2) is 9.71 Å². The van der Waals surface area contributed by atoms with Gasteiger partial charge in [-0.2, -0.15) is 12.7 Å². The first-order valence-electron chi connectivity index (χ1n) is 9.90. The highest BCUT2D eigenvalue weighted by molar-refractivity contribution is 7.87. The first-order chi connectivity index (χ1) is 14.9. The van der Waals surface area contributed by atoms with Crippen molar-refractivity contribution >= 4 is 44.8 Å². The largest absolute Gasteiger partial charge is 0.476 e. The van der Waals surface area contributed by atoms with Gasteiger partial charge in [-0.05, 0) is 44.0 Å². The molecule has 0 aliphatic heterocycles. The predicted octanol–water partition coefficient (Wildman–Crippen LogP) is 3.58. The van der Waals surface area contributed by atoms with E-state index in [2.05, 4.69) is 17.2 Å². The second kappa shape index (κ2) is 9.05. The number of anilines is 2. The van der Waals surface area contributed by atoms with Gasteiger partial charge in [0, 0.05) is 42.0 Å². The van der Waals surface area contributed by atoms with Gasteiger partial charge >= 0.3 is 10.2 Å². The monoisotopic (exact) mass is 479 g/mol. The van der Waals surface area contributed by atoms with Gasteiger partial charge in [0.05, 0.1) is 18.5 Å². The Morgan fingerprint density at radius 1 is 1.31 bits per heavy atom. The molecule has 1 heterocycles. The van der Waals surface area contributed by atoms with Crippen LogP contribution in [0.4, 0.5) is 11.4 Å². The maximum Gasteiger partial charge on any atom is 0.303 e. The van der Waals surface area contributed by atoms with E-state index in [0.29, 0.717) is 34.4 Å². The van der Waals surface area contributed by atoms with Gasteiger partial charge in [-0.15, -0.1) is 0 Å². The molecule has 11 heteroatoms. The molecule has 3 N–H and O–H groups in total. The fourth-order valence-corrected chi connectivity index (χ4v) is 3.48. The van der Waals surface area contributed by atoms with Gasteiger partial charge in [0.25, 0.3) is 5.91 Å². The lowest BCUT2D eigenvalue weighted by Gasteiger charge is -2.16. The highest BCUT2D eigenvalue weighted by atomic mass is 35.5. The first kappa shape index (κ1) is 24.0. The van der Waals surface area contributed by atoms with Crippen LogP contribution in [0.3, 0.4) is 0 Å². The Hall–Kier alpha value is -2.69. The van der Waals surface area contributed by atoms with Crippen LogP contribution in [0.1, 0.15) is 42.6 Å². The molecular formula is C21H26ClN5O4S. The minimum Gasteiger partial charge on any atom is -0.476 e. The molecule has 172 valence electrons. The minimum absolute atomic E-state index is 0.107. The van der Waals surface area contributed by atoms with Crippen LogP contribution in [-0.4, -0.2) is 50.0 Å². The molecule has 0 spiro atoms. The van der Waals surface area contributed by atoms with Gasteiger partial charge < -0.3 is 15.5 Å². The van der Waals surface area contributed by atoms with Crippen molar-refractivity contribution in [1.82, 2.24) is 14.0 Å². The second-order valence-corrected chi connectivity index (χ2v) is 10.6. The zero-order valence-corrected chi connectivity index (χ0v) is 19.9. The Morgan fingerprint density at radius 3 is 2.56 bits per heavy atom. The molecule has 1 saturated carbocycles. The lowest BCUT2D eigenvalue weighted by Crippen LogP contribution is -2.39. The number of ether oxygens (including phenoxy) is 1. The Balaban J connectivity index is 1.78. The number of benzene rings is 1. The molecule has 2 aromatic rings. The van der Waals surface area contributed by atoms with Gasteiger partial charge in [-0.3, -0.25) is 4.79 Å². The number of nitrogens with one attached hydrogen (secondary N) is 3. The van der Waals surface area contributed by atoms with E-state index in [0.717, 1.165) is 17.1 Å². The minimum atomic E-state index is -3.93. The molecule has 1 aromatic carbocycles. The maximum absolute atomic E-state index is 12.4. The van der Waals surface area contributed by atoms with E-state index in [4.69, 9.17) is 21.7 Å². The van der Waals surface area contributed by atoms with Crippen molar-refractivity contribution < 1.29 is 17.9 Å². The Labute approximate surface area is 192 Å². The lowest BCUT2D eigenvalue weighted by molar-refractivity contribution is 0.0979. The molecule has 1 amide bonds. The summed E-state index contributed by atoms with van der Waals surface area (Å²) in [5.41, 5.74) is 2.05. The SMILES string of the molecule is CC(=N)c1cc(C(=O)NS(=O)(=O)N(C)C)ccc1Nc1cnc(OCC2(C)CC2)c(Cl)c1. The average Bonchev–Trinajstić information content (AvgIpc) is 3.44. The summed E-state index contributed by atoms with van der Waals surface area (Å²) in [7, 11) is -1.29. The number of hydrogen-bond acceptors (Lipinski definition) is 7. The van der Waals surface area contributed by atoms with Crippen LogP contribution < -0.4 is 14.8 Å². The third-order valence-corrected chi connectivity index (χ3v) is 6.81. The molecule has 0 atom stereocenters. The van der Waals surface area contributed by atoms with E-state index >= 15 is 0 Å². The Bertz CT molecular complexity index is 1160. The predicted molar refractivity (Wildman–Crippen MR) is 124 cm³/mol. The smallest absolute Gasteiger partial charge is 0.303 e. The number of aromatic nitrogens is 1. The van der Waals surface area contributed by atoms with Crippen molar-refractivity contribution in [3.8, 4) is 5.88 Å². The van der Waals surface area contributed by atoms with Crippen LogP contribution in [0.25, 0.3) is 0 Å². The highest BCUT2D eigenvalue weighted by Crippen LogP contribution is 2.45. The summed E-state index contributed by atoms with van der Waals surface area (Å²) in [5.74, 6) is -0.425. The number of carbonyl (C=O) groups is 1. The number of rotatable bonds is 9. The van der Waals surface area contributed by atoms with Crippen LogP contribution in [0.5, 0.6) is 5.88 Å². The summed E-state index contributed by atoms with van der Waals surface area (Å²) in [6.45, 7) is 4.29. The van der Waals surface area contributed by atoms with Crippen molar-refractivity contribution in [2.45, 2.75) is 26.7 Å². The number of pyridine rings is 1. The highest BCUT2D eigenvalue weighted by Gasteiger charge is 2.38. The summed E-state index contributed by atoms with van der Waals surface area (Å²) in [6, 6.07) is 6.19. The number of amides is 1. The van der Waals surface area contributed by atoms with Crippen LogP contribution in [0.2, 0.25) is 5.02 Å². The van der Waals surface area contributed by atoms with Crippen molar-refractivity contribution in [2.24, 2.45) is 5.41 Å². The molecule has 3 rings (SSSR count). The number of halogens is 1. The quantitative estimate of drug-likeness (QED) is 0.472. The number of nitrogens with zero attached hydrogens (tertiary/aromatic N) is 2. The third kappa shape index (κ3) is 5.76. The van der Waals surface area contributed by atoms with Crippen molar-refractivity contribution in [2.75, 3.05) is 26.0 Å². The van der Waals surface area contributed by atoms with E-state index in [1.165, 1.54) is 26.2 Å². The Morgan fingerprint density at radius 2 is 2.00 bits per heavy atom. The summed E-state index contributed by atoms with van der Waals surface area (Å²) >= 11 is 6.32. The Kier molecular flexibility index (Phi) is 6.77. The van der Waals surface area contributed by atoms with Gasteiger partial charge in [-0.1, -0.05) is 18.5 Å². The average molecular weight is 480 g/mol. The molecule has 0 bridgehead atoms. The molecule has 1 aliphatic rings. The third-order valence-electron chi connectivity index (χ3n) is 5.14. The molecule has 0 saturated heterocycles. The standard InChI is InChI=1S/C21H26ClN5O4S/c1-13(23)16-9-14(19(28)26-32(29,30)27(3)4)5-6-18(16)25-15-10-17(22)20(24-11-15)31-12-21(2)7-8-21/h5-6,9-11,23,25H,7-8,12H2,1-4H3,(H,26,28). The molecule has 1 aliphatic carbocycles. The fourth-order valence-electron chi connectivity index (χ4n) is 2.73. The van der Waals surface area contributed by atoms with E-state index in [-0.39, 0.29) is 16.7 Å². The normalized spacial score (nSPS) is 14.7. The first-order valence-corrected chi connectivity index (χ1v) is 11.7. The number of hydrogen-bond donors (Lipinski definition) is 3. The molecule has 1 fully saturated rings. The van der Waals surface area contributed by atoms with E-state index in [9.17, 15) is 13.2 Å². The van der Waals surface area contributed by atoms with Gasteiger partial charge in [0.15, 0.2) is 0 Å². The molecule has 0 unspecified atom stereocenters. The molecule has 1 aromatic heterocycles. The summed E-state index contributed by atoms with van der Waals surface area (Å²) < 4.78 is 32.4. The topological polar surface area (TPSA) is 124 Å². The van der Waals surface area contributed by atoms with Crippen molar-refractivity contribution in [1.29, 1.82) is 5.41 Å². The molecule has 0 radical (unpaired) electrons. The number of carbonyl (C=O) groups excluding carboxylic acids is 1. The summed E-state index contributed by atoms with van der Waals surface area (Å²) in [6.07, 6.45) is 3.83. The van der Waals surface area contributed by atoms with Gasteiger partial charge in [0.2, 0.25) is 5.88 Å². The van der Waals surface area contributed by atoms with Crippen molar-refractivity contribution in [3.63, 3.8) is 0 Å². The fraction of sp³-hybridized carbons (Fsp3) is 0.381. The van der Waals surface area contributed by atoms with Crippen LogP contribution in [0, 0.1) is 10.8 Å².